The van der Waals surface area contributed by atoms with Crippen LogP contribution in [0.25, 0.3) is 0 Å². The molecule has 0 saturated heterocycles. The summed E-state index contributed by atoms with van der Waals surface area (Å²) < 4.78 is 42.0. The molecular weight excluding hydrogens is 356 g/mol. The summed E-state index contributed by atoms with van der Waals surface area (Å²) in [5, 5.41) is 4.23. The first kappa shape index (κ1) is 18.3. The Labute approximate surface area is 156 Å². The molecule has 1 heterocycles. The molecule has 7 heteroatoms. The second-order valence-corrected chi connectivity index (χ2v) is 7.40. The Kier molecular flexibility index (Phi) is 5.38. The molecule has 2 saturated carbocycles. The number of halogens is 2. The molecule has 1 aromatic heterocycles. The first-order valence-electron chi connectivity index (χ1n) is 9.55. The second kappa shape index (κ2) is 7.92. The molecule has 0 aliphatic heterocycles. The standard InChI is InChI=1S/C20H23F2NO4/c21-20(22)26-17-4-2-1-3-15(17)18-16(19(27-23-18)12-5-6-12)11-25-14-9-7-13(24)8-10-14/h1-2,4,12,14-15,20H,3,5-11H2. The van der Waals surface area contributed by atoms with Crippen molar-refractivity contribution in [2.45, 2.75) is 76.1 Å². The lowest BCUT2D eigenvalue weighted by atomic mass is 9.91. The van der Waals surface area contributed by atoms with E-state index in [1.54, 1.807) is 12.2 Å². The molecule has 1 aromatic rings. The van der Waals surface area contributed by atoms with E-state index in [-0.39, 0.29) is 17.6 Å². The maximum absolute atomic E-state index is 12.8. The number of carbonyl (C=O) groups excluding carboxylic acids is 1. The summed E-state index contributed by atoms with van der Waals surface area (Å²) in [5.41, 5.74) is 1.48. The predicted octanol–water partition coefficient (Wildman–Crippen LogP) is 4.75. The molecular formula is C20H23F2NO4. The molecule has 0 aromatic carbocycles. The van der Waals surface area contributed by atoms with Gasteiger partial charge in [0.25, 0.3) is 0 Å². The fourth-order valence-corrected chi connectivity index (χ4v) is 3.78. The van der Waals surface area contributed by atoms with E-state index < -0.39 is 12.5 Å². The maximum atomic E-state index is 12.8. The summed E-state index contributed by atoms with van der Waals surface area (Å²) in [6.45, 7) is -2.55. The van der Waals surface area contributed by atoms with Gasteiger partial charge in [-0.05, 0) is 38.2 Å². The molecule has 0 amide bonds. The van der Waals surface area contributed by atoms with Crippen molar-refractivity contribution in [3.8, 4) is 0 Å². The van der Waals surface area contributed by atoms with Crippen LogP contribution in [0.4, 0.5) is 8.78 Å². The third kappa shape index (κ3) is 4.29. The van der Waals surface area contributed by atoms with Gasteiger partial charge in [0.2, 0.25) is 0 Å². The van der Waals surface area contributed by atoms with Crippen LogP contribution >= 0.6 is 0 Å². The Morgan fingerprint density at radius 2 is 2.00 bits per heavy atom. The minimum absolute atomic E-state index is 0.0380. The molecule has 3 aliphatic carbocycles. The number of aromatic nitrogens is 1. The van der Waals surface area contributed by atoms with Gasteiger partial charge in [-0.25, -0.2) is 0 Å². The molecule has 27 heavy (non-hydrogen) atoms. The Balaban J connectivity index is 1.53. The molecule has 1 unspecified atom stereocenters. The van der Waals surface area contributed by atoms with Crippen LogP contribution in [0, 0.1) is 0 Å². The van der Waals surface area contributed by atoms with Gasteiger partial charge in [0.05, 0.1) is 18.6 Å². The molecule has 4 rings (SSSR count). The summed E-state index contributed by atoms with van der Waals surface area (Å²) in [4.78, 5) is 11.4. The quantitative estimate of drug-likeness (QED) is 0.684. The Morgan fingerprint density at radius 1 is 1.22 bits per heavy atom. The Bertz CT molecular complexity index is 741. The van der Waals surface area contributed by atoms with Crippen LogP contribution in [0.15, 0.2) is 28.5 Å². The van der Waals surface area contributed by atoms with Crippen LogP contribution < -0.4 is 0 Å². The van der Waals surface area contributed by atoms with Crippen molar-refractivity contribution >= 4 is 5.78 Å². The predicted molar refractivity (Wildman–Crippen MR) is 92.2 cm³/mol. The third-order valence-corrected chi connectivity index (χ3v) is 5.42. The lowest BCUT2D eigenvalue weighted by Crippen LogP contribution is -2.22. The highest BCUT2D eigenvalue weighted by molar-refractivity contribution is 5.79. The van der Waals surface area contributed by atoms with Crippen LogP contribution in [0.2, 0.25) is 0 Å². The zero-order chi connectivity index (χ0) is 18.8. The van der Waals surface area contributed by atoms with E-state index in [4.69, 9.17) is 14.0 Å². The summed E-state index contributed by atoms with van der Waals surface area (Å²) >= 11 is 0. The number of hydrogen-bond donors (Lipinski definition) is 0. The van der Waals surface area contributed by atoms with Crippen molar-refractivity contribution in [1.82, 2.24) is 5.16 Å². The van der Waals surface area contributed by atoms with Crippen molar-refractivity contribution in [2.24, 2.45) is 0 Å². The van der Waals surface area contributed by atoms with E-state index in [0.29, 0.717) is 37.5 Å². The van der Waals surface area contributed by atoms with Gasteiger partial charge in [0.1, 0.15) is 23.0 Å². The van der Waals surface area contributed by atoms with Crippen molar-refractivity contribution in [3.05, 3.63) is 41.0 Å². The molecule has 2 fully saturated rings. The van der Waals surface area contributed by atoms with Gasteiger partial charge in [-0.3, -0.25) is 4.79 Å². The molecule has 0 N–H and O–H groups in total. The van der Waals surface area contributed by atoms with Crippen molar-refractivity contribution in [2.75, 3.05) is 0 Å². The highest BCUT2D eigenvalue weighted by atomic mass is 19.3. The van der Waals surface area contributed by atoms with Gasteiger partial charge in [0.15, 0.2) is 0 Å². The van der Waals surface area contributed by atoms with E-state index in [1.165, 1.54) is 0 Å². The van der Waals surface area contributed by atoms with E-state index in [9.17, 15) is 13.6 Å². The second-order valence-electron chi connectivity index (χ2n) is 7.40. The summed E-state index contributed by atoms with van der Waals surface area (Å²) in [6.07, 6.45) is 10.4. The zero-order valence-corrected chi connectivity index (χ0v) is 15.0. The van der Waals surface area contributed by atoms with E-state index in [2.05, 4.69) is 5.16 Å². The van der Waals surface area contributed by atoms with E-state index in [0.717, 1.165) is 37.0 Å². The lowest BCUT2D eigenvalue weighted by molar-refractivity contribution is -0.123. The number of rotatable bonds is 7. The van der Waals surface area contributed by atoms with Gasteiger partial charge >= 0.3 is 6.61 Å². The Morgan fingerprint density at radius 3 is 2.70 bits per heavy atom. The number of alkyl halides is 2. The number of Topliss-reactive ketones (excluding diaryl/α,β-unsaturated/α-hetero) is 1. The molecule has 1 atom stereocenters. The Hall–Kier alpha value is -2.02. The average molecular weight is 379 g/mol. The topological polar surface area (TPSA) is 61.6 Å². The molecule has 0 spiro atoms. The average Bonchev–Trinajstić information content (AvgIpc) is 3.41. The van der Waals surface area contributed by atoms with Crippen molar-refractivity contribution in [3.63, 3.8) is 0 Å². The zero-order valence-electron chi connectivity index (χ0n) is 15.0. The number of nitrogens with zero attached hydrogens (tertiary/aromatic N) is 1. The lowest BCUT2D eigenvalue weighted by Gasteiger charge is -2.23. The highest BCUT2D eigenvalue weighted by Gasteiger charge is 2.36. The van der Waals surface area contributed by atoms with Crippen LogP contribution in [-0.2, 0) is 20.9 Å². The number of allylic oxidation sites excluding steroid dienone is 4. The van der Waals surface area contributed by atoms with Crippen molar-refractivity contribution in [1.29, 1.82) is 0 Å². The largest absolute Gasteiger partial charge is 0.439 e. The fraction of sp³-hybridized carbons (Fsp3) is 0.600. The number of ketones is 1. The molecule has 3 aliphatic rings. The monoisotopic (exact) mass is 379 g/mol. The molecule has 5 nitrogen and oxygen atoms in total. The molecule has 146 valence electrons. The van der Waals surface area contributed by atoms with E-state index >= 15 is 0 Å². The normalized spacial score (nSPS) is 23.7. The summed E-state index contributed by atoms with van der Waals surface area (Å²) in [7, 11) is 0. The maximum Gasteiger partial charge on any atom is 0.387 e. The van der Waals surface area contributed by atoms with Gasteiger partial charge in [-0.1, -0.05) is 17.3 Å². The van der Waals surface area contributed by atoms with Gasteiger partial charge in [-0.15, -0.1) is 0 Å². The number of ether oxygens (including phenoxy) is 2. The van der Waals surface area contributed by atoms with Gasteiger partial charge in [0, 0.05) is 24.3 Å². The number of carbonyl (C=O) groups is 1. The van der Waals surface area contributed by atoms with Crippen LogP contribution in [-0.4, -0.2) is 23.7 Å². The third-order valence-electron chi connectivity index (χ3n) is 5.42. The van der Waals surface area contributed by atoms with Gasteiger partial charge in [-0.2, -0.15) is 8.78 Å². The fourth-order valence-electron chi connectivity index (χ4n) is 3.78. The van der Waals surface area contributed by atoms with E-state index in [1.807, 2.05) is 6.08 Å². The first-order chi connectivity index (χ1) is 13.1. The minimum atomic E-state index is -2.88. The van der Waals surface area contributed by atoms with Crippen LogP contribution in [0.1, 0.15) is 73.8 Å². The van der Waals surface area contributed by atoms with Crippen LogP contribution in [0.5, 0.6) is 0 Å². The first-order valence-corrected chi connectivity index (χ1v) is 9.55. The highest BCUT2D eigenvalue weighted by Crippen LogP contribution is 2.45. The van der Waals surface area contributed by atoms with Gasteiger partial charge < -0.3 is 14.0 Å². The smallest absolute Gasteiger partial charge is 0.387 e. The van der Waals surface area contributed by atoms with Crippen molar-refractivity contribution < 1.29 is 27.6 Å². The van der Waals surface area contributed by atoms with Crippen LogP contribution in [0.3, 0.4) is 0 Å². The molecule has 0 bridgehead atoms. The molecule has 0 radical (unpaired) electrons. The SMILES string of the molecule is O=C1CCC(OCc2c(C3CC=CC=C3OC(F)F)noc2C2CC2)CC1. The minimum Gasteiger partial charge on any atom is -0.439 e. The summed E-state index contributed by atoms with van der Waals surface area (Å²) in [5.74, 6) is 1.23. The summed E-state index contributed by atoms with van der Waals surface area (Å²) in [6, 6.07) is 0. The number of hydrogen-bond acceptors (Lipinski definition) is 5.